The SMILES string of the molecule is CC(=O)C1CCC2C3CC=C4CC(O)CCC4(CO)C3CCC12C. The van der Waals surface area contributed by atoms with E-state index >= 15 is 0 Å². The molecule has 24 heavy (non-hydrogen) atoms. The summed E-state index contributed by atoms with van der Waals surface area (Å²) in [6.07, 6.45) is 10.2. The molecule has 134 valence electrons. The summed E-state index contributed by atoms with van der Waals surface area (Å²) in [7, 11) is 0. The van der Waals surface area contributed by atoms with Gasteiger partial charge in [0.05, 0.1) is 12.7 Å². The lowest BCUT2D eigenvalue weighted by Crippen LogP contribution is -2.53. The topological polar surface area (TPSA) is 57.5 Å². The molecular weight excluding hydrogens is 300 g/mol. The Kier molecular flexibility index (Phi) is 3.96. The van der Waals surface area contributed by atoms with Gasteiger partial charge in [-0.05, 0) is 81.5 Å². The Morgan fingerprint density at radius 3 is 2.71 bits per heavy atom. The summed E-state index contributed by atoms with van der Waals surface area (Å²) in [6.45, 7) is 4.37. The van der Waals surface area contributed by atoms with Gasteiger partial charge >= 0.3 is 0 Å². The number of allylic oxidation sites excluding steroid dienone is 1. The van der Waals surface area contributed by atoms with Crippen molar-refractivity contribution in [2.45, 2.75) is 71.3 Å². The zero-order valence-corrected chi connectivity index (χ0v) is 15.1. The Morgan fingerprint density at radius 1 is 1.21 bits per heavy atom. The van der Waals surface area contributed by atoms with Crippen molar-refractivity contribution in [3.8, 4) is 0 Å². The van der Waals surface area contributed by atoms with E-state index in [0.29, 0.717) is 23.5 Å². The van der Waals surface area contributed by atoms with Crippen LogP contribution >= 0.6 is 0 Å². The van der Waals surface area contributed by atoms with Crippen LogP contribution in [0.3, 0.4) is 0 Å². The summed E-state index contributed by atoms with van der Waals surface area (Å²) in [5.74, 6) is 2.39. The highest BCUT2D eigenvalue weighted by atomic mass is 16.3. The maximum Gasteiger partial charge on any atom is 0.133 e. The number of carbonyl (C=O) groups is 1. The average Bonchev–Trinajstić information content (AvgIpc) is 2.91. The number of Topliss-reactive ketones (excluding diaryl/α,β-unsaturated/α-hetero) is 1. The summed E-state index contributed by atoms with van der Waals surface area (Å²) in [5, 5.41) is 20.5. The van der Waals surface area contributed by atoms with Crippen molar-refractivity contribution < 1.29 is 15.0 Å². The Bertz CT molecular complexity index is 567. The van der Waals surface area contributed by atoms with Gasteiger partial charge in [-0.15, -0.1) is 0 Å². The second-order valence-corrected chi connectivity index (χ2v) is 9.34. The number of ketones is 1. The van der Waals surface area contributed by atoms with Gasteiger partial charge in [-0.1, -0.05) is 18.6 Å². The second-order valence-electron chi connectivity index (χ2n) is 9.34. The smallest absolute Gasteiger partial charge is 0.133 e. The maximum atomic E-state index is 12.2. The van der Waals surface area contributed by atoms with E-state index in [2.05, 4.69) is 13.0 Å². The molecule has 3 nitrogen and oxygen atoms in total. The Morgan fingerprint density at radius 2 is 2.00 bits per heavy atom. The zero-order chi connectivity index (χ0) is 17.1. The normalized spacial score (nSPS) is 50.5. The summed E-state index contributed by atoms with van der Waals surface area (Å²) >= 11 is 0. The molecule has 7 unspecified atom stereocenters. The van der Waals surface area contributed by atoms with Gasteiger partial charge in [0.15, 0.2) is 0 Å². The molecule has 4 aliphatic carbocycles. The predicted molar refractivity (Wildman–Crippen MR) is 93.3 cm³/mol. The highest BCUT2D eigenvalue weighted by molar-refractivity contribution is 5.79. The van der Waals surface area contributed by atoms with Crippen LogP contribution in [0.25, 0.3) is 0 Å². The van der Waals surface area contributed by atoms with E-state index in [0.717, 1.165) is 44.9 Å². The summed E-state index contributed by atoms with van der Waals surface area (Å²) in [4.78, 5) is 12.2. The second kappa shape index (κ2) is 5.67. The van der Waals surface area contributed by atoms with E-state index in [1.54, 1.807) is 6.92 Å². The lowest BCUT2D eigenvalue weighted by molar-refractivity contribution is -0.128. The summed E-state index contributed by atoms with van der Waals surface area (Å²) in [6, 6.07) is 0. The molecule has 4 rings (SSSR count). The number of aliphatic hydroxyl groups is 2. The molecule has 7 atom stereocenters. The van der Waals surface area contributed by atoms with Crippen LogP contribution in [-0.4, -0.2) is 28.7 Å². The molecule has 2 N–H and O–H groups in total. The lowest BCUT2D eigenvalue weighted by Gasteiger charge is -2.58. The molecule has 0 aromatic rings. The highest BCUT2D eigenvalue weighted by Gasteiger charge is 2.60. The van der Waals surface area contributed by atoms with Gasteiger partial charge < -0.3 is 10.2 Å². The molecule has 0 aliphatic heterocycles. The van der Waals surface area contributed by atoms with Crippen molar-refractivity contribution in [3.05, 3.63) is 11.6 Å². The number of fused-ring (bicyclic) bond motifs is 5. The minimum atomic E-state index is -0.227. The van der Waals surface area contributed by atoms with Crippen LogP contribution in [0.2, 0.25) is 0 Å². The molecule has 3 heteroatoms. The highest BCUT2D eigenvalue weighted by Crippen LogP contribution is 2.66. The molecule has 4 aliphatic rings. The quantitative estimate of drug-likeness (QED) is 0.761. The first-order valence-corrected chi connectivity index (χ1v) is 9.91. The third-order valence-electron chi connectivity index (χ3n) is 8.57. The first kappa shape index (κ1) is 16.8. The molecular formula is C21H32O3. The van der Waals surface area contributed by atoms with Crippen molar-refractivity contribution >= 4 is 5.78 Å². The van der Waals surface area contributed by atoms with Crippen LogP contribution < -0.4 is 0 Å². The molecule has 0 spiro atoms. The Labute approximate surface area is 145 Å². The van der Waals surface area contributed by atoms with Gasteiger partial charge in [0.25, 0.3) is 0 Å². The van der Waals surface area contributed by atoms with Crippen molar-refractivity contribution in [2.75, 3.05) is 6.61 Å². The van der Waals surface area contributed by atoms with Crippen molar-refractivity contribution in [1.82, 2.24) is 0 Å². The van der Waals surface area contributed by atoms with Crippen LogP contribution in [-0.2, 0) is 4.79 Å². The van der Waals surface area contributed by atoms with Gasteiger partial charge in [0.1, 0.15) is 5.78 Å². The monoisotopic (exact) mass is 332 g/mol. The number of aliphatic hydroxyl groups excluding tert-OH is 2. The number of carbonyl (C=O) groups excluding carboxylic acids is 1. The summed E-state index contributed by atoms with van der Waals surface area (Å²) < 4.78 is 0. The van der Waals surface area contributed by atoms with Crippen LogP contribution in [0.1, 0.15) is 65.2 Å². The van der Waals surface area contributed by atoms with E-state index in [-0.39, 0.29) is 29.5 Å². The standard InChI is InChI=1S/C21H32O3/c1-13(23)17-5-6-18-16-4-3-14-11-15(24)7-10-21(14,12-22)19(16)8-9-20(17,18)2/h3,15-19,22,24H,4-12H2,1-2H3. The largest absolute Gasteiger partial charge is 0.395 e. The van der Waals surface area contributed by atoms with Crippen LogP contribution in [0.4, 0.5) is 0 Å². The Hall–Kier alpha value is -0.670. The molecule has 0 radical (unpaired) electrons. The molecule has 3 fully saturated rings. The van der Waals surface area contributed by atoms with E-state index in [1.165, 1.54) is 12.0 Å². The molecule has 0 bridgehead atoms. The van der Waals surface area contributed by atoms with Gasteiger partial charge in [0, 0.05) is 11.3 Å². The van der Waals surface area contributed by atoms with Crippen molar-refractivity contribution in [3.63, 3.8) is 0 Å². The molecule has 0 saturated heterocycles. The fourth-order valence-corrected chi connectivity index (χ4v) is 7.40. The first-order chi connectivity index (χ1) is 11.4. The van der Waals surface area contributed by atoms with Gasteiger partial charge in [-0.25, -0.2) is 0 Å². The molecule has 0 heterocycles. The van der Waals surface area contributed by atoms with Gasteiger partial charge in [-0.3, -0.25) is 4.79 Å². The van der Waals surface area contributed by atoms with E-state index < -0.39 is 0 Å². The minimum absolute atomic E-state index is 0.0855. The minimum Gasteiger partial charge on any atom is -0.395 e. The van der Waals surface area contributed by atoms with E-state index in [1.807, 2.05) is 0 Å². The third-order valence-corrected chi connectivity index (χ3v) is 8.57. The van der Waals surface area contributed by atoms with Crippen LogP contribution in [0.15, 0.2) is 11.6 Å². The van der Waals surface area contributed by atoms with E-state index in [4.69, 9.17) is 0 Å². The molecule has 0 amide bonds. The average molecular weight is 332 g/mol. The number of hydrogen-bond acceptors (Lipinski definition) is 3. The molecule has 0 aromatic heterocycles. The van der Waals surface area contributed by atoms with E-state index in [9.17, 15) is 15.0 Å². The van der Waals surface area contributed by atoms with Gasteiger partial charge in [0.2, 0.25) is 0 Å². The van der Waals surface area contributed by atoms with Crippen LogP contribution in [0, 0.1) is 34.5 Å². The molecule has 3 saturated carbocycles. The fraction of sp³-hybridized carbons (Fsp3) is 0.857. The number of hydrogen-bond donors (Lipinski definition) is 2. The summed E-state index contributed by atoms with van der Waals surface area (Å²) in [5.41, 5.74) is 1.41. The first-order valence-electron chi connectivity index (χ1n) is 9.91. The predicted octanol–water partition coefficient (Wildman–Crippen LogP) is 3.49. The lowest BCUT2D eigenvalue weighted by atomic mass is 9.47. The van der Waals surface area contributed by atoms with Crippen LogP contribution in [0.5, 0.6) is 0 Å². The Balaban J connectivity index is 1.68. The fourth-order valence-electron chi connectivity index (χ4n) is 7.40. The molecule has 0 aromatic carbocycles. The maximum absolute atomic E-state index is 12.2. The van der Waals surface area contributed by atoms with Crippen molar-refractivity contribution in [2.24, 2.45) is 34.5 Å². The number of rotatable bonds is 2. The van der Waals surface area contributed by atoms with Gasteiger partial charge in [-0.2, -0.15) is 0 Å². The van der Waals surface area contributed by atoms with Crippen molar-refractivity contribution in [1.29, 1.82) is 0 Å². The third kappa shape index (κ3) is 2.13. The zero-order valence-electron chi connectivity index (χ0n) is 15.1.